The van der Waals surface area contributed by atoms with Gasteiger partial charge in [-0.15, -0.1) is 11.3 Å². The van der Waals surface area contributed by atoms with Gasteiger partial charge in [0.2, 0.25) is 0 Å². The van der Waals surface area contributed by atoms with E-state index in [1.807, 2.05) is 14.1 Å². The van der Waals surface area contributed by atoms with Crippen molar-refractivity contribution in [3.05, 3.63) is 11.2 Å². The quantitative estimate of drug-likeness (QED) is 0.595. The number of thiazole rings is 1. The van der Waals surface area contributed by atoms with Crippen LogP contribution in [0.25, 0.3) is 0 Å². The van der Waals surface area contributed by atoms with Crippen LogP contribution in [-0.2, 0) is 4.74 Å². The Hall–Kier alpha value is -1.14. The summed E-state index contributed by atoms with van der Waals surface area (Å²) in [5.74, 6) is -0.358. The van der Waals surface area contributed by atoms with Crippen molar-refractivity contribution in [1.82, 2.24) is 9.88 Å². The standard InChI is InChI=1S/C11H19N3O2S/c1-4-16-11(15)9-10(17-8-13-9)12-6-5-7-14(2)3/h8,12H,4-7H2,1-3H3. The van der Waals surface area contributed by atoms with Crippen LogP contribution in [0.1, 0.15) is 23.8 Å². The molecule has 0 amide bonds. The summed E-state index contributed by atoms with van der Waals surface area (Å²) in [6, 6.07) is 0. The van der Waals surface area contributed by atoms with Crippen LogP contribution in [-0.4, -0.2) is 49.6 Å². The van der Waals surface area contributed by atoms with Crippen LogP contribution in [0.3, 0.4) is 0 Å². The summed E-state index contributed by atoms with van der Waals surface area (Å²) in [5, 5.41) is 4.01. The molecule has 1 rings (SSSR count). The first-order valence-corrected chi connectivity index (χ1v) is 6.52. The number of nitrogens with one attached hydrogen (secondary N) is 1. The summed E-state index contributed by atoms with van der Waals surface area (Å²) in [7, 11) is 4.08. The second-order valence-electron chi connectivity index (χ2n) is 3.83. The van der Waals surface area contributed by atoms with Gasteiger partial charge in [-0.1, -0.05) is 0 Å². The van der Waals surface area contributed by atoms with E-state index in [9.17, 15) is 4.79 Å². The lowest BCUT2D eigenvalue weighted by Crippen LogP contribution is -2.17. The Kier molecular flexibility index (Phi) is 5.93. The van der Waals surface area contributed by atoms with E-state index < -0.39 is 0 Å². The molecule has 0 aromatic carbocycles. The molecule has 0 atom stereocenters. The average molecular weight is 257 g/mol. The highest BCUT2D eigenvalue weighted by molar-refractivity contribution is 7.14. The van der Waals surface area contributed by atoms with E-state index in [2.05, 4.69) is 15.2 Å². The summed E-state index contributed by atoms with van der Waals surface area (Å²) < 4.78 is 4.93. The van der Waals surface area contributed by atoms with Crippen molar-refractivity contribution in [1.29, 1.82) is 0 Å². The molecule has 0 saturated carbocycles. The molecule has 1 aromatic rings. The monoisotopic (exact) mass is 257 g/mol. The van der Waals surface area contributed by atoms with Gasteiger partial charge in [0.25, 0.3) is 0 Å². The molecule has 0 radical (unpaired) electrons. The molecule has 0 aliphatic rings. The van der Waals surface area contributed by atoms with E-state index in [0.717, 1.165) is 24.5 Å². The molecule has 0 saturated heterocycles. The van der Waals surface area contributed by atoms with Crippen molar-refractivity contribution in [3.63, 3.8) is 0 Å². The Morgan fingerprint density at radius 2 is 2.35 bits per heavy atom. The van der Waals surface area contributed by atoms with Crippen molar-refractivity contribution >= 4 is 22.3 Å². The molecule has 96 valence electrons. The molecule has 0 bridgehead atoms. The predicted octanol–water partition coefficient (Wildman–Crippen LogP) is 1.68. The summed E-state index contributed by atoms with van der Waals surface area (Å²) in [6.07, 6.45) is 1.02. The lowest BCUT2D eigenvalue weighted by Gasteiger charge is -2.10. The number of carbonyl (C=O) groups is 1. The minimum atomic E-state index is -0.358. The first-order chi connectivity index (χ1) is 8.15. The summed E-state index contributed by atoms with van der Waals surface area (Å²) >= 11 is 1.43. The maximum absolute atomic E-state index is 11.5. The third-order valence-corrected chi connectivity index (χ3v) is 2.89. The van der Waals surface area contributed by atoms with E-state index in [-0.39, 0.29) is 5.97 Å². The van der Waals surface area contributed by atoms with Crippen molar-refractivity contribution in [3.8, 4) is 0 Å². The highest BCUT2D eigenvalue weighted by Crippen LogP contribution is 2.20. The van der Waals surface area contributed by atoms with Crippen LogP contribution in [0.5, 0.6) is 0 Å². The van der Waals surface area contributed by atoms with Gasteiger partial charge in [-0.2, -0.15) is 0 Å². The number of rotatable bonds is 7. The van der Waals surface area contributed by atoms with Crippen LogP contribution in [0, 0.1) is 0 Å². The van der Waals surface area contributed by atoms with Gasteiger partial charge in [0.15, 0.2) is 5.69 Å². The van der Waals surface area contributed by atoms with Gasteiger partial charge in [0, 0.05) is 6.54 Å². The number of carbonyl (C=O) groups excluding carboxylic acids is 1. The minimum absolute atomic E-state index is 0.358. The van der Waals surface area contributed by atoms with E-state index in [0.29, 0.717) is 12.3 Å². The molecule has 6 heteroatoms. The first kappa shape index (κ1) is 13.9. The Morgan fingerprint density at radius 3 is 3.00 bits per heavy atom. The maximum atomic E-state index is 11.5. The van der Waals surface area contributed by atoms with Crippen molar-refractivity contribution in [2.45, 2.75) is 13.3 Å². The Bertz CT molecular complexity index is 352. The number of hydrogen-bond donors (Lipinski definition) is 1. The van der Waals surface area contributed by atoms with Crippen molar-refractivity contribution in [2.24, 2.45) is 0 Å². The fourth-order valence-corrected chi connectivity index (χ4v) is 2.01. The Balaban J connectivity index is 2.43. The highest BCUT2D eigenvalue weighted by atomic mass is 32.1. The van der Waals surface area contributed by atoms with Crippen molar-refractivity contribution < 1.29 is 9.53 Å². The molecule has 5 nitrogen and oxygen atoms in total. The normalized spacial score (nSPS) is 10.6. The summed E-state index contributed by atoms with van der Waals surface area (Å²) in [5.41, 5.74) is 2.04. The molecule has 0 unspecified atom stereocenters. The van der Waals surface area contributed by atoms with Crippen LogP contribution in [0.2, 0.25) is 0 Å². The van der Waals surface area contributed by atoms with Crippen molar-refractivity contribution in [2.75, 3.05) is 39.1 Å². The molecule has 1 heterocycles. The van der Waals surface area contributed by atoms with Crippen LogP contribution in [0.15, 0.2) is 5.51 Å². The molecule has 0 aliphatic heterocycles. The predicted molar refractivity (Wildman–Crippen MR) is 69.7 cm³/mol. The van der Waals surface area contributed by atoms with Gasteiger partial charge in [0.1, 0.15) is 5.00 Å². The SMILES string of the molecule is CCOC(=O)c1ncsc1NCCCN(C)C. The number of ether oxygens (including phenoxy) is 1. The topological polar surface area (TPSA) is 54.5 Å². The molecule has 17 heavy (non-hydrogen) atoms. The fourth-order valence-electron chi connectivity index (χ4n) is 1.31. The number of nitrogens with zero attached hydrogens (tertiary/aromatic N) is 2. The molecule has 0 aliphatic carbocycles. The van der Waals surface area contributed by atoms with Crippen LogP contribution in [0.4, 0.5) is 5.00 Å². The average Bonchev–Trinajstić information content (AvgIpc) is 2.72. The van der Waals surface area contributed by atoms with Gasteiger partial charge in [0.05, 0.1) is 12.1 Å². The largest absolute Gasteiger partial charge is 0.461 e. The van der Waals surface area contributed by atoms with Gasteiger partial charge < -0.3 is 15.0 Å². The molecular formula is C11H19N3O2S. The van der Waals surface area contributed by atoms with Gasteiger partial charge in [-0.25, -0.2) is 9.78 Å². The van der Waals surface area contributed by atoms with E-state index in [4.69, 9.17) is 4.74 Å². The summed E-state index contributed by atoms with van der Waals surface area (Å²) in [6.45, 7) is 4.00. The molecule has 1 N–H and O–H groups in total. The third kappa shape index (κ3) is 4.70. The lowest BCUT2D eigenvalue weighted by atomic mass is 10.4. The van der Waals surface area contributed by atoms with Gasteiger partial charge >= 0.3 is 5.97 Å². The molecule has 0 fully saturated rings. The van der Waals surface area contributed by atoms with E-state index >= 15 is 0 Å². The van der Waals surface area contributed by atoms with Gasteiger partial charge in [-0.05, 0) is 34.0 Å². The fraction of sp³-hybridized carbons (Fsp3) is 0.636. The maximum Gasteiger partial charge on any atom is 0.360 e. The molecule has 1 aromatic heterocycles. The van der Waals surface area contributed by atoms with Crippen LogP contribution < -0.4 is 5.32 Å². The summed E-state index contributed by atoms with van der Waals surface area (Å²) in [4.78, 5) is 17.7. The number of aromatic nitrogens is 1. The zero-order chi connectivity index (χ0) is 12.7. The third-order valence-electron chi connectivity index (χ3n) is 2.10. The molecule has 0 spiro atoms. The minimum Gasteiger partial charge on any atom is -0.461 e. The Morgan fingerprint density at radius 1 is 1.59 bits per heavy atom. The second-order valence-corrected chi connectivity index (χ2v) is 4.69. The highest BCUT2D eigenvalue weighted by Gasteiger charge is 2.15. The first-order valence-electron chi connectivity index (χ1n) is 5.64. The number of anilines is 1. The zero-order valence-electron chi connectivity index (χ0n) is 10.5. The van der Waals surface area contributed by atoms with E-state index in [1.54, 1.807) is 12.4 Å². The zero-order valence-corrected chi connectivity index (χ0v) is 11.3. The number of hydrogen-bond acceptors (Lipinski definition) is 6. The lowest BCUT2D eigenvalue weighted by molar-refractivity contribution is 0.0521. The second kappa shape index (κ2) is 7.24. The Labute approximate surface area is 106 Å². The molecular weight excluding hydrogens is 238 g/mol. The van der Waals surface area contributed by atoms with Crippen LogP contribution >= 0.6 is 11.3 Å². The number of esters is 1. The smallest absolute Gasteiger partial charge is 0.360 e. The van der Waals surface area contributed by atoms with Gasteiger partial charge in [-0.3, -0.25) is 0 Å². The van der Waals surface area contributed by atoms with E-state index in [1.165, 1.54) is 11.3 Å².